The van der Waals surface area contributed by atoms with Gasteiger partial charge in [-0.1, -0.05) is 6.07 Å². The van der Waals surface area contributed by atoms with Crippen molar-refractivity contribution in [2.75, 3.05) is 31.1 Å². The maximum atomic E-state index is 12.6. The van der Waals surface area contributed by atoms with E-state index in [0.29, 0.717) is 50.3 Å². The van der Waals surface area contributed by atoms with Gasteiger partial charge in [0.05, 0.1) is 24.2 Å². The molecule has 0 saturated carbocycles. The van der Waals surface area contributed by atoms with Crippen LogP contribution in [-0.4, -0.2) is 55.1 Å². The van der Waals surface area contributed by atoms with Crippen LogP contribution in [0.4, 0.5) is 10.5 Å². The number of carbonyl (C=O) groups excluding carboxylic acids is 3. The van der Waals surface area contributed by atoms with Crippen molar-refractivity contribution in [1.82, 2.24) is 10.2 Å². The molecule has 1 atom stereocenters. The second-order valence-electron chi connectivity index (χ2n) is 7.04. The van der Waals surface area contributed by atoms with Crippen molar-refractivity contribution in [3.63, 3.8) is 0 Å². The summed E-state index contributed by atoms with van der Waals surface area (Å²) in [4.78, 5) is 39.9. The van der Waals surface area contributed by atoms with Crippen molar-refractivity contribution < 1.29 is 19.1 Å². The Morgan fingerprint density at radius 1 is 1.32 bits per heavy atom. The van der Waals surface area contributed by atoms with Gasteiger partial charge in [-0.25, -0.2) is 4.79 Å². The van der Waals surface area contributed by atoms with E-state index in [-0.39, 0.29) is 30.4 Å². The smallest absolute Gasteiger partial charge is 0.409 e. The van der Waals surface area contributed by atoms with Crippen LogP contribution < -0.4 is 10.2 Å². The predicted octanol–water partition coefficient (Wildman–Crippen LogP) is 1.65. The molecule has 1 N–H and O–H groups in total. The lowest BCUT2D eigenvalue weighted by Crippen LogP contribution is -2.48. The molecule has 3 rings (SSSR count). The van der Waals surface area contributed by atoms with E-state index in [9.17, 15) is 14.4 Å². The number of hydrogen-bond acceptors (Lipinski definition) is 5. The Morgan fingerprint density at radius 2 is 2.07 bits per heavy atom. The quantitative estimate of drug-likeness (QED) is 0.850. The number of nitriles is 1. The van der Waals surface area contributed by atoms with Gasteiger partial charge in [0.25, 0.3) is 0 Å². The van der Waals surface area contributed by atoms with Gasteiger partial charge in [0.2, 0.25) is 11.8 Å². The van der Waals surface area contributed by atoms with Crippen molar-refractivity contribution in [3.05, 3.63) is 29.8 Å². The van der Waals surface area contributed by atoms with Crippen molar-refractivity contribution >= 4 is 23.6 Å². The monoisotopic (exact) mass is 384 g/mol. The summed E-state index contributed by atoms with van der Waals surface area (Å²) in [5, 5.41) is 12.0. The number of nitrogens with zero attached hydrogens (tertiary/aromatic N) is 3. The van der Waals surface area contributed by atoms with Gasteiger partial charge in [-0.05, 0) is 38.0 Å². The average Bonchev–Trinajstić information content (AvgIpc) is 3.10. The molecule has 0 aliphatic carbocycles. The molecule has 148 valence electrons. The zero-order valence-corrected chi connectivity index (χ0v) is 15.9. The lowest BCUT2D eigenvalue weighted by molar-refractivity contribution is -0.127. The van der Waals surface area contributed by atoms with Gasteiger partial charge in [-0.3, -0.25) is 9.59 Å². The number of benzene rings is 1. The lowest BCUT2D eigenvalue weighted by atomic mass is 10.0. The maximum Gasteiger partial charge on any atom is 0.409 e. The van der Waals surface area contributed by atoms with Gasteiger partial charge >= 0.3 is 6.09 Å². The number of nitrogens with one attached hydrogen (secondary N) is 1. The van der Waals surface area contributed by atoms with E-state index in [0.717, 1.165) is 0 Å². The highest BCUT2D eigenvalue weighted by Crippen LogP contribution is 2.26. The summed E-state index contributed by atoms with van der Waals surface area (Å²) < 4.78 is 5.00. The van der Waals surface area contributed by atoms with Gasteiger partial charge in [0, 0.05) is 37.8 Å². The first kappa shape index (κ1) is 19.7. The molecule has 2 heterocycles. The molecule has 8 nitrogen and oxygen atoms in total. The number of piperidine rings is 1. The number of anilines is 1. The van der Waals surface area contributed by atoms with Gasteiger partial charge in [-0.15, -0.1) is 0 Å². The molecular weight excluding hydrogens is 360 g/mol. The molecule has 0 aromatic heterocycles. The minimum absolute atomic E-state index is 0.00996. The van der Waals surface area contributed by atoms with Crippen LogP contribution in [-0.2, 0) is 14.3 Å². The largest absolute Gasteiger partial charge is 0.450 e. The van der Waals surface area contributed by atoms with Crippen molar-refractivity contribution in [1.29, 1.82) is 5.26 Å². The van der Waals surface area contributed by atoms with Gasteiger partial charge in [0.1, 0.15) is 0 Å². The highest BCUT2D eigenvalue weighted by molar-refractivity contribution is 6.00. The second-order valence-corrected chi connectivity index (χ2v) is 7.04. The number of likely N-dealkylation sites (tertiary alicyclic amines) is 1. The fourth-order valence-corrected chi connectivity index (χ4v) is 3.62. The molecule has 0 spiro atoms. The fraction of sp³-hybridized carbons (Fsp3) is 0.500. The molecule has 2 fully saturated rings. The first-order chi connectivity index (χ1) is 13.5. The third-order valence-electron chi connectivity index (χ3n) is 5.15. The Labute approximate surface area is 164 Å². The van der Waals surface area contributed by atoms with E-state index in [1.54, 1.807) is 41.0 Å². The minimum Gasteiger partial charge on any atom is -0.450 e. The SMILES string of the molecule is CCOC(=O)N1CCC(NC(=O)C2CC(=O)N(c3cccc(C#N)c3)C2)CC1. The molecule has 0 radical (unpaired) electrons. The van der Waals surface area contributed by atoms with Crippen LogP contribution in [0.2, 0.25) is 0 Å². The number of amides is 3. The molecule has 2 saturated heterocycles. The normalized spacial score (nSPS) is 20.0. The van der Waals surface area contributed by atoms with Crippen LogP contribution in [0.5, 0.6) is 0 Å². The summed E-state index contributed by atoms with van der Waals surface area (Å²) in [7, 11) is 0. The van der Waals surface area contributed by atoms with Crippen LogP contribution in [0.3, 0.4) is 0 Å². The van der Waals surface area contributed by atoms with Crippen LogP contribution in [0, 0.1) is 17.2 Å². The standard InChI is InChI=1S/C20H24N4O4/c1-2-28-20(27)23-8-6-16(7-9-23)22-19(26)15-11-18(25)24(13-15)17-5-3-4-14(10-17)12-21/h3-5,10,15-16H,2,6-9,11,13H2,1H3,(H,22,26). The van der Waals surface area contributed by atoms with E-state index in [2.05, 4.69) is 11.4 Å². The van der Waals surface area contributed by atoms with Crippen molar-refractivity contribution in [2.45, 2.75) is 32.2 Å². The molecule has 1 aromatic carbocycles. The Morgan fingerprint density at radius 3 is 2.75 bits per heavy atom. The third kappa shape index (κ3) is 4.42. The molecule has 3 amide bonds. The average molecular weight is 384 g/mol. The van der Waals surface area contributed by atoms with E-state index in [1.165, 1.54) is 0 Å². The van der Waals surface area contributed by atoms with Crippen LogP contribution >= 0.6 is 0 Å². The summed E-state index contributed by atoms with van der Waals surface area (Å²) in [6.45, 7) is 3.51. The topological polar surface area (TPSA) is 103 Å². The number of rotatable bonds is 4. The summed E-state index contributed by atoms with van der Waals surface area (Å²) in [5.41, 5.74) is 1.12. The highest BCUT2D eigenvalue weighted by atomic mass is 16.6. The molecular formula is C20H24N4O4. The number of carbonyl (C=O) groups is 3. The van der Waals surface area contributed by atoms with Crippen LogP contribution in [0.15, 0.2) is 24.3 Å². The maximum absolute atomic E-state index is 12.6. The van der Waals surface area contributed by atoms with Crippen molar-refractivity contribution in [3.8, 4) is 6.07 Å². The predicted molar refractivity (Wildman–Crippen MR) is 101 cm³/mol. The molecule has 1 aromatic rings. The summed E-state index contributed by atoms with van der Waals surface area (Å²) in [5.74, 6) is -0.671. The Bertz CT molecular complexity index is 796. The molecule has 0 bridgehead atoms. The Kier molecular flexibility index (Phi) is 6.14. The lowest BCUT2D eigenvalue weighted by Gasteiger charge is -2.32. The summed E-state index contributed by atoms with van der Waals surface area (Å²) in [6, 6.07) is 8.88. The zero-order chi connectivity index (χ0) is 20.1. The van der Waals surface area contributed by atoms with E-state index >= 15 is 0 Å². The molecule has 2 aliphatic rings. The first-order valence-corrected chi connectivity index (χ1v) is 9.54. The molecule has 1 unspecified atom stereocenters. The van der Waals surface area contributed by atoms with E-state index in [4.69, 9.17) is 10.00 Å². The molecule has 2 aliphatic heterocycles. The van der Waals surface area contributed by atoms with Crippen LogP contribution in [0.1, 0.15) is 31.7 Å². The van der Waals surface area contributed by atoms with Crippen LogP contribution in [0.25, 0.3) is 0 Å². The third-order valence-corrected chi connectivity index (χ3v) is 5.15. The number of hydrogen-bond donors (Lipinski definition) is 1. The Hall–Kier alpha value is -3.08. The van der Waals surface area contributed by atoms with E-state index < -0.39 is 5.92 Å². The summed E-state index contributed by atoms with van der Waals surface area (Å²) in [6.07, 6.45) is 1.17. The fourth-order valence-electron chi connectivity index (χ4n) is 3.62. The zero-order valence-electron chi connectivity index (χ0n) is 15.9. The highest BCUT2D eigenvalue weighted by Gasteiger charge is 2.36. The first-order valence-electron chi connectivity index (χ1n) is 9.54. The van der Waals surface area contributed by atoms with E-state index in [1.807, 2.05) is 0 Å². The van der Waals surface area contributed by atoms with Gasteiger partial charge < -0.3 is 19.9 Å². The van der Waals surface area contributed by atoms with Crippen molar-refractivity contribution in [2.24, 2.45) is 5.92 Å². The van der Waals surface area contributed by atoms with Gasteiger partial charge in [0.15, 0.2) is 0 Å². The minimum atomic E-state index is -0.415. The second kappa shape index (κ2) is 8.74. The molecule has 28 heavy (non-hydrogen) atoms. The summed E-state index contributed by atoms with van der Waals surface area (Å²) >= 11 is 0. The molecule has 8 heteroatoms. The Balaban J connectivity index is 1.53. The van der Waals surface area contributed by atoms with Gasteiger partial charge in [-0.2, -0.15) is 5.26 Å². The number of ether oxygens (including phenoxy) is 1.